The summed E-state index contributed by atoms with van der Waals surface area (Å²) in [6.45, 7) is 5.16. The molecule has 94 valence electrons. The Labute approximate surface area is 99.5 Å². The maximum absolute atomic E-state index is 5.47. The first-order valence-electron chi connectivity index (χ1n) is 6.84. The van der Waals surface area contributed by atoms with Crippen LogP contribution in [0.15, 0.2) is 0 Å². The van der Waals surface area contributed by atoms with Crippen molar-refractivity contribution in [1.82, 2.24) is 10.2 Å². The molecule has 1 aliphatic heterocycles. The summed E-state index contributed by atoms with van der Waals surface area (Å²) < 4.78 is 5.47. The first kappa shape index (κ1) is 12.3. The lowest BCUT2D eigenvalue weighted by Crippen LogP contribution is -2.47. The maximum atomic E-state index is 5.47. The highest BCUT2D eigenvalue weighted by molar-refractivity contribution is 4.74. The van der Waals surface area contributed by atoms with E-state index in [1.165, 1.54) is 38.6 Å². The molecule has 3 heteroatoms. The van der Waals surface area contributed by atoms with Crippen molar-refractivity contribution >= 4 is 0 Å². The molecule has 2 aliphatic rings. The Hall–Kier alpha value is -0.120. The van der Waals surface area contributed by atoms with E-state index in [4.69, 9.17) is 4.74 Å². The summed E-state index contributed by atoms with van der Waals surface area (Å²) in [6, 6.07) is 0.544. The largest absolute Gasteiger partial charge is 0.378 e. The fraction of sp³-hybridized carbons (Fsp3) is 1.00. The van der Waals surface area contributed by atoms with E-state index < -0.39 is 0 Å². The molecular formula is C13H26N2O. The van der Waals surface area contributed by atoms with Crippen molar-refractivity contribution in [2.24, 2.45) is 5.92 Å². The summed E-state index contributed by atoms with van der Waals surface area (Å²) in [6.07, 6.45) is 7.26. The molecule has 2 fully saturated rings. The Morgan fingerprint density at radius 2 is 2.12 bits per heavy atom. The van der Waals surface area contributed by atoms with Gasteiger partial charge in [0.15, 0.2) is 0 Å². The Morgan fingerprint density at radius 1 is 1.31 bits per heavy atom. The van der Waals surface area contributed by atoms with Gasteiger partial charge in [0, 0.05) is 19.1 Å². The summed E-state index contributed by atoms with van der Waals surface area (Å²) in [4.78, 5) is 2.46. The zero-order chi connectivity index (χ0) is 11.2. The fourth-order valence-electron chi connectivity index (χ4n) is 2.91. The van der Waals surface area contributed by atoms with Crippen molar-refractivity contribution in [1.29, 1.82) is 0 Å². The van der Waals surface area contributed by atoms with Gasteiger partial charge in [0.2, 0.25) is 0 Å². The minimum absolute atomic E-state index is 0.544. The topological polar surface area (TPSA) is 24.5 Å². The summed E-state index contributed by atoms with van der Waals surface area (Å²) in [7, 11) is 2.24. The van der Waals surface area contributed by atoms with Gasteiger partial charge < -0.3 is 15.0 Å². The third kappa shape index (κ3) is 4.04. The van der Waals surface area contributed by atoms with E-state index in [0.717, 1.165) is 32.2 Å². The molecule has 1 unspecified atom stereocenters. The monoisotopic (exact) mass is 226 g/mol. The van der Waals surface area contributed by atoms with Gasteiger partial charge in [0.1, 0.15) is 0 Å². The quantitative estimate of drug-likeness (QED) is 0.768. The number of ether oxygens (including phenoxy) is 1. The van der Waals surface area contributed by atoms with Gasteiger partial charge in [-0.1, -0.05) is 25.7 Å². The average Bonchev–Trinajstić information content (AvgIpc) is 2.81. The van der Waals surface area contributed by atoms with Gasteiger partial charge in [-0.05, 0) is 25.9 Å². The van der Waals surface area contributed by atoms with Gasteiger partial charge in [-0.2, -0.15) is 0 Å². The van der Waals surface area contributed by atoms with Crippen molar-refractivity contribution < 1.29 is 4.74 Å². The lowest BCUT2D eigenvalue weighted by atomic mass is 10.0. The normalized spacial score (nSPS) is 27.8. The molecule has 1 heterocycles. The van der Waals surface area contributed by atoms with Crippen molar-refractivity contribution in [3.63, 3.8) is 0 Å². The molecule has 0 aromatic rings. The van der Waals surface area contributed by atoms with Crippen LogP contribution in [-0.2, 0) is 4.74 Å². The Kier molecular flexibility index (Phi) is 5.07. The Morgan fingerprint density at radius 3 is 2.81 bits per heavy atom. The van der Waals surface area contributed by atoms with E-state index in [1.54, 1.807) is 0 Å². The number of hydrogen-bond donors (Lipinski definition) is 1. The molecule has 1 saturated carbocycles. The molecule has 2 rings (SSSR count). The van der Waals surface area contributed by atoms with Gasteiger partial charge in [0.05, 0.1) is 13.2 Å². The van der Waals surface area contributed by atoms with Crippen LogP contribution in [0.2, 0.25) is 0 Å². The molecule has 0 aromatic carbocycles. The van der Waals surface area contributed by atoms with Crippen LogP contribution in [0.3, 0.4) is 0 Å². The number of nitrogens with one attached hydrogen (secondary N) is 1. The molecule has 0 spiro atoms. The lowest BCUT2D eigenvalue weighted by Gasteiger charge is -2.28. The van der Waals surface area contributed by atoms with E-state index in [1.807, 2.05) is 0 Å². The molecule has 0 aromatic heterocycles. The standard InChI is InChI=1S/C13H26N2O/c1-15(8-6-12-4-2-3-5-12)10-13-11-16-9-7-14-13/h12-14H,2-11H2,1H3. The van der Waals surface area contributed by atoms with Crippen LogP contribution in [0.5, 0.6) is 0 Å². The smallest absolute Gasteiger partial charge is 0.0632 e. The minimum atomic E-state index is 0.544. The van der Waals surface area contributed by atoms with E-state index >= 15 is 0 Å². The summed E-state index contributed by atoms with van der Waals surface area (Å²) in [5.74, 6) is 1.01. The van der Waals surface area contributed by atoms with Crippen LogP contribution in [0.1, 0.15) is 32.1 Å². The van der Waals surface area contributed by atoms with E-state index in [-0.39, 0.29) is 0 Å². The molecule has 1 N–H and O–H groups in total. The number of morpholine rings is 1. The van der Waals surface area contributed by atoms with E-state index in [2.05, 4.69) is 17.3 Å². The average molecular weight is 226 g/mol. The molecule has 0 radical (unpaired) electrons. The van der Waals surface area contributed by atoms with Crippen molar-refractivity contribution in [2.45, 2.75) is 38.1 Å². The van der Waals surface area contributed by atoms with Crippen LogP contribution in [0.25, 0.3) is 0 Å². The Bertz CT molecular complexity index is 186. The van der Waals surface area contributed by atoms with Crippen molar-refractivity contribution in [3.05, 3.63) is 0 Å². The first-order valence-corrected chi connectivity index (χ1v) is 6.84. The van der Waals surface area contributed by atoms with Gasteiger partial charge >= 0.3 is 0 Å². The number of rotatable bonds is 5. The van der Waals surface area contributed by atoms with Gasteiger partial charge in [-0.15, -0.1) is 0 Å². The summed E-state index contributed by atoms with van der Waals surface area (Å²) >= 11 is 0. The molecule has 1 aliphatic carbocycles. The highest BCUT2D eigenvalue weighted by Crippen LogP contribution is 2.27. The van der Waals surface area contributed by atoms with Crippen LogP contribution >= 0.6 is 0 Å². The van der Waals surface area contributed by atoms with E-state index in [9.17, 15) is 0 Å². The zero-order valence-corrected chi connectivity index (χ0v) is 10.6. The van der Waals surface area contributed by atoms with Crippen molar-refractivity contribution in [2.75, 3.05) is 39.9 Å². The zero-order valence-electron chi connectivity index (χ0n) is 10.6. The first-order chi connectivity index (χ1) is 7.84. The molecule has 1 atom stereocenters. The number of nitrogens with zero attached hydrogens (tertiary/aromatic N) is 1. The SMILES string of the molecule is CN(CCC1CCCC1)CC1COCCN1. The predicted octanol–water partition coefficient (Wildman–Crippen LogP) is 1.49. The lowest BCUT2D eigenvalue weighted by molar-refractivity contribution is 0.0647. The maximum Gasteiger partial charge on any atom is 0.0632 e. The van der Waals surface area contributed by atoms with Crippen LogP contribution in [0.4, 0.5) is 0 Å². The highest BCUT2D eigenvalue weighted by atomic mass is 16.5. The van der Waals surface area contributed by atoms with Gasteiger partial charge in [-0.3, -0.25) is 0 Å². The highest BCUT2D eigenvalue weighted by Gasteiger charge is 2.18. The third-order valence-corrected chi connectivity index (χ3v) is 3.92. The fourth-order valence-corrected chi connectivity index (χ4v) is 2.91. The second kappa shape index (κ2) is 6.58. The second-order valence-electron chi connectivity index (χ2n) is 5.43. The van der Waals surface area contributed by atoms with Crippen LogP contribution in [0, 0.1) is 5.92 Å². The molecule has 0 amide bonds. The number of likely N-dealkylation sites (N-methyl/N-ethyl adjacent to an activating group) is 1. The minimum Gasteiger partial charge on any atom is -0.378 e. The molecule has 1 saturated heterocycles. The van der Waals surface area contributed by atoms with Gasteiger partial charge in [0.25, 0.3) is 0 Å². The second-order valence-corrected chi connectivity index (χ2v) is 5.43. The predicted molar refractivity (Wildman–Crippen MR) is 66.7 cm³/mol. The van der Waals surface area contributed by atoms with Crippen LogP contribution < -0.4 is 5.32 Å². The summed E-state index contributed by atoms with van der Waals surface area (Å²) in [5.41, 5.74) is 0. The molecule has 16 heavy (non-hydrogen) atoms. The van der Waals surface area contributed by atoms with Crippen LogP contribution in [-0.4, -0.2) is 50.8 Å². The number of hydrogen-bond acceptors (Lipinski definition) is 3. The van der Waals surface area contributed by atoms with Crippen molar-refractivity contribution in [3.8, 4) is 0 Å². The third-order valence-electron chi connectivity index (χ3n) is 3.92. The van der Waals surface area contributed by atoms with Gasteiger partial charge in [-0.25, -0.2) is 0 Å². The van der Waals surface area contributed by atoms with E-state index in [0.29, 0.717) is 6.04 Å². The molecular weight excluding hydrogens is 200 g/mol. The molecule has 3 nitrogen and oxygen atoms in total. The summed E-state index contributed by atoms with van der Waals surface area (Å²) in [5, 5.41) is 3.51. The Balaban J connectivity index is 1.57. The molecule has 0 bridgehead atoms.